The van der Waals surface area contributed by atoms with Crippen LogP contribution in [0.3, 0.4) is 0 Å². The van der Waals surface area contributed by atoms with Crippen molar-refractivity contribution in [1.29, 1.82) is 0 Å². The lowest BCUT2D eigenvalue weighted by Crippen LogP contribution is -2.17. The van der Waals surface area contributed by atoms with Gasteiger partial charge < -0.3 is 10.5 Å². The summed E-state index contributed by atoms with van der Waals surface area (Å²) in [4.78, 5) is 0. The molecule has 0 spiro atoms. The number of nitrogens with two attached hydrogens (primary N) is 1. The summed E-state index contributed by atoms with van der Waals surface area (Å²) in [6.45, 7) is 1.52. The topological polar surface area (TPSA) is 69.4 Å². The van der Waals surface area contributed by atoms with E-state index in [1.807, 2.05) is 0 Å². The molecule has 0 bridgehead atoms. The van der Waals surface area contributed by atoms with E-state index in [2.05, 4.69) is 0 Å². The molecule has 18 heavy (non-hydrogen) atoms. The van der Waals surface area contributed by atoms with Gasteiger partial charge in [-0.2, -0.15) is 0 Å². The van der Waals surface area contributed by atoms with Crippen LogP contribution in [0.15, 0.2) is 12.1 Å². The van der Waals surface area contributed by atoms with Gasteiger partial charge in [-0.05, 0) is 6.42 Å². The van der Waals surface area contributed by atoms with Crippen LogP contribution in [0.25, 0.3) is 0 Å². The van der Waals surface area contributed by atoms with E-state index in [4.69, 9.17) is 10.5 Å². The van der Waals surface area contributed by atoms with Crippen molar-refractivity contribution in [3.05, 3.63) is 23.8 Å². The van der Waals surface area contributed by atoms with Gasteiger partial charge in [0, 0.05) is 12.1 Å². The summed E-state index contributed by atoms with van der Waals surface area (Å²) in [5, 5.41) is 0. The van der Waals surface area contributed by atoms with Gasteiger partial charge in [0.05, 0.1) is 17.2 Å². The smallest absolute Gasteiger partial charge is 0.167 e. The van der Waals surface area contributed by atoms with Crippen molar-refractivity contribution in [2.45, 2.75) is 13.3 Å². The summed E-state index contributed by atoms with van der Waals surface area (Å²) in [7, 11) is -3.20. The summed E-state index contributed by atoms with van der Waals surface area (Å²) in [6.07, 6.45) is 0.507. The highest BCUT2D eigenvalue weighted by atomic mass is 32.2. The van der Waals surface area contributed by atoms with Crippen molar-refractivity contribution in [3.63, 3.8) is 0 Å². The Morgan fingerprint density at radius 1 is 1.22 bits per heavy atom. The molecule has 0 radical (unpaired) electrons. The number of hydrogen-bond acceptors (Lipinski definition) is 4. The van der Waals surface area contributed by atoms with Crippen LogP contribution in [0.2, 0.25) is 0 Å². The van der Waals surface area contributed by atoms with Crippen LogP contribution in [-0.2, 0) is 9.84 Å². The van der Waals surface area contributed by atoms with Gasteiger partial charge >= 0.3 is 0 Å². The van der Waals surface area contributed by atoms with E-state index in [0.29, 0.717) is 6.42 Å². The van der Waals surface area contributed by atoms with Gasteiger partial charge in [-0.25, -0.2) is 17.2 Å². The first-order chi connectivity index (χ1) is 8.35. The first-order valence-corrected chi connectivity index (χ1v) is 7.25. The van der Waals surface area contributed by atoms with Crippen molar-refractivity contribution in [3.8, 4) is 5.75 Å². The van der Waals surface area contributed by atoms with Crippen molar-refractivity contribution in [2.24, 2.45) is 0 Å². The molecule has 0 unspecified atom stereocenters. The molecule has 0 aliphatic heterocycles. The summed E-state index contributed by atoms with van der Waals surface area (Å²) in [6, 6.07) is 1.60. The predicted octanol–water partition coefficient (Wildman–Crippen LogP) is 1.75. The Morgan fingerprint density at radius 3 is 2.50 bits per heavy atom. The fourth-order valence-corrected chi connectivity index (χ4v) is 2.51. The summed E-state index contributed by atoms with van der Waals surface area (Å²) < 4.78 is 54.0. The van der Waals surface area contributed by atoms with E-state index in [0.717, 1.165) is 12.1 Å². The number of benzene rings is 1. The zero-order valence-corrected chi connectivity index (χ0v) is 10.8. The minimum atomic E-state index is -3.20. The van der Waals surface area contributed by atoms with E-state index < -0.39 is 21.5 Å². The van der Waals surface area contributed by atoms with E-state index in [1.165, 1.54) is 0 Å². The monoisotopic (exact) mass is 279 g/mol. The number of nitrogen functional groups attached to an aromatic ring is 1. The Hall–Kier alpha value is -1.37. The maximum absolute atomic E-state index is 13.3. The highest BCUT2D eigenvalue weighted by Crippen LogP contribution is 2.22. The first kappa shape index (κ1) is 14.7. The number of anilines is 1. The van der Waals surface area contributed by atoms with Gasteiger partial charge in [-0.3, -0.25) is 0 Å². The summed E-state index contributed by atoms with van der Waals surface area (Å²) in [5.41, 5.74) is 4.84. The second kappa shape index (κ2) is 5.99. The summed E-state index contributed by atoms with van der Waals surface area (Å²) >= 11 is 0. The van der Waals surface area contributed by atoms with E-state index >= 15 is 0 Å². The van der Waals surface area contributed by atoms with Crippen LogP contribution in [0.5, 0.6) is 5.75 Å². The molecule has 0 fully saturated rings. The normalized spacial score (nSPS) is 11.5. The SMILES string of the molecule is CCCS(=O)(=O)CCOc1cc(F)c(N)cc1F. The van der Waals surface area contributed by atoms with Crippen LogP contribution in [0.1, 0.15) is 13.3 Å². The summed E-state index contributed by atoms with van der Waals surface area (Å²) in [5.74, 6) is -2.14. The first-order valence-electron chi connectivity index (χ1n) is 5.43. The molecule has 0 amide bonds. The molecular weight excluding hydrogens is 264 g/mol. The maximum atomic E-state index is 13.3. The van der Waals surface area contributed by atoms with Crippen molar-refractivity contribution >= 4 is 15.5 Å². The minimum absolute atomic E-state index is 0.0505. The average molecular weight is 279 g/mol. The van der Waals surface area contributed by atoms with Crippen LogP contribution >= 0.6 is 0 Å². The maximum Gasteiger partial charge on any atom is 0.167 e. The molecule has 0 aliphatic carbocycles. The van der Waals surface area contributed by atoms with E-state index in [1.54, 1.807) is 6.92 Å². The van der Waals surface area contributed by atoms with Gasteiger partial charge in [0.1, 0.15) is 12.4 Å². The van der Waals surface area contributed by atoms with Crippen molar-refractivity contribution in [1.82, 2.24) is 0 Å². The lowest BCUT2D eigenvalue weighted by Gasteiger charge is -2.08. The van der Waals surface area contributed by atoms with Gasteiger partial charge in [0.15, 0.2) is 21.4 Å². The molecule has 0 atom stereocenters. The lowest BCUT2D eigenvalue weighted by molar-refractivity contribution is 0.320. The molecular formula is C11H15F2NO3S. The molecule has 1 rings (SSSR count). The quantitative estimate of drug-likeness (QED) is 0.805. The molecule has 0 heterocycles. The standard InChI is InChI=1S/C11H15F2NO3S/c1-2-4-18(15,16)5-3-17-11-7-8(12)10(14)6-9(11)13/h6-7H,2-5,14H2,1H3. The third-order valence-electron chi connectivity index (χ3n) is 2.22. The second-order valence-electron chi connectivity index (χ2n) is 3.80. The fraction of sp³-hybridized carbons (Fsp3) is 0.455. The predicted molar refractivity (Wildman–Crippen MR) is 65.2 cm³/mol. The largest absolute Gasteiger partial charge is 0.489 e. The lowest BCUT2D eigenvalue weighted by atomic mass is 10.3. The van der Waals surface area contributed by atoms with Crippen LogP contribution < -0.4 is 10.5 Å². The molecule has 7 heteroatoms. The number of halogens is 2. The zero-order chi connectivity index (χ0) is 13.8. The van der Waals surface area contributed by atoms with Gasteiger partial charge in [-0.1, -0.05) is 6.92 Å². The molecule has 4 nitrogen and oxygen atoms in total. The number of rotatable bonds is 6. The van der Waals surface area contributed by atoms with Crippen molar-refractivity contribution < 1.29 is 21.9 Å². The van der Waals surface area contributed by atoms with Crippen LogP contribution in [-0.4, -0.2) is 26.5 Å². The van der Waals surface area contributed by atoms with E-state index in [9.17, 15) is 17.2 Å². The number of sulfone groups is 1. The average Bonchev–Trinajstić information content (AvgIpc) is 2.25. The molecule has 0 saturated heterocycles. The van der Waals surface area contributed by atoms with Gasteiger partial charge in [-0.15, -0.1) is 0 Å². The molecule has 1 aromatic carbocycles. The second-order valence-corrected chi connectivity index (χ2v) is 6.11. The van der Waals surface area contributed by atoms with E-state index in [-0.39, 0.29) is 29.5 Å². The molecule has 0 aliphatic rings. The molecule has 0 aromatic heterocycles. The zero-order valence-electron chi connectivity index (χ0n) is 9.95. The number of ether oxygens (including phenoxy) is 1. The fourth-order valence-electron chi connectivity index (χ4n) is 1.35. The third kappa shape index (κ3) is 4.14. The third-order valence-corrected chi connectivity index (χ3v) is 4.04. The van der Waals surface area contributed by atoms with Crippen LogP contribution in [0, 0.1) is 11.6 Å². The molecule has 2 N–H and O–H groups in total. The molecule has 102 valence electrons. The molecule has 1 aromatic rings. The Bertz CT molecular complexity index is 517. The highest BCUT2D eigenvalue weighted by molar-refractivity contribution is 7.91. The van der Waals surface area contributed by atoms with Gasteiger partial charge in [0.25, 0.3) is 0 Å². The van der Waals surface area contributed by atoms with Crippen molar-refractivity contribution in [2.75, 3.05) is 23.8 Å². The van der Waals surface area contributed by atoms with Crippen LogP contribution in [0.4, 0.5) is 14.5 Å². The Labute approximate surface area is 105 Å². The minimum Gasteiger partial charge on any atom is -0.489 e. The Morgan fingerprint density at radius 2 is 1.89 bits per heavy atom. The van der Waals surface area contributed by atoms with Gasteiger partial charge in [0.2, 0.25) is 0 Å². The number of hydrogen-bond donors (Lipinski definition) is 1. The molecule has 0 saturated carbocycles. The Balaban J connectivity index is 2.62. The highest BCUT2D eigenvalue weighted by Gasteiger charge is 2.12. The Kier molecular flexibility index (Phi) is 4.89.